The highest BCUT2D eigenvalue weighted by molar-refractivity contribution is 5.91. The van der Waals surface area contributed by atoms with E-state index >= 15 is 0 Å². The van der Waals surface area contributed by atoms with Gasteiger partial charge >= 0.3 is 6.61 Å². The van der Waals surface area contributed by atoms with Crippen LogP contribution in [0.2, 0.25) is 0 Å². The summed E-state index contributed by atoms with van der Waals surface area (Å²) in [6, 6.07) is 5.76. The van der Waals surface area contributed by atoms with Crippen LogP contribution in [0.15, 0.2) is 24.3 Å². The summed E-state index contributed by atoms with van der Waals surface area (Å²) in [6.07, 6.45) is 1.02. The average molecular weight is 312 g/mol. The highest BCUT2D eigenvalue weighted by Gasteiger charge is 2.38. The summed E-state index contributed by atoms with van der Waals surface area (Å²) < 4.78 is 28.5. The largest absolute Gasteiger partial charge is 0.435 e. The molecule has 1 fully saturated rings. The zero-order chi connectivity index (χ0) is 16.1. The Morgan fingerprint density at radius 1 is 1.41 bits per heavy atom. The molecule has 1 saturated carbocycles. The van der Waals surface area contributed by atoms with Gasteiger partial charge in [-0.2, -0.15) is 8.78 Å². The highest BCUT2D eigenvalue weighted by atomic mass is 19.3. The number of rotatable bonds is 7. The predicted molar refractivity (Wildman–Crippen MR) is 76.6 cm³/mol. The first-order chi connectivity index (χ1) is 10.5. The molecule has 0 radical (unpaired) electrons. The van der Waals surface area contributed by atoms with E-state index in [-0.39, 0.29) is 36.4 Å². The molecule has 1 aliphatic rings. The predicted octanol–water partition coefficient (Wildman–Crippen LogP) is 2.39. The van der Waals surface area contributed by atoms with E-state index in [0.717, 1.165) is 6.42 Å². The van der Waals surface area contributed by atoms with Gasteiger partial charge in [0.1, 0.15) is 5.75 Å². The third-order valence-corrected chi connectivity index (χ3v) is 3.44. The Hall–Kier alpha value is -2.18. The average Bonchev–Trinajstić information content (AvgIpc) is 3.15. The molecular weight excluding hydrogens is 294 g/mol. The molecule has 2 rings (SSSR count). The van der Waals surface area contributed by atoms with Crippen molar-refractivity contribution in [1.29, 1.82) is 0 Å². The normalized spacial score (nSPS) is 19.6. The molecule has 1 aliphatic carbocycles. The van der Waals surface area contributed by atoms with Crippen LogP contribution in [-0.4, -0.2) is 25.0 Å². The fourth-order valence-electron chi connectivity index (χ4n) is 2.09. The van der Waals surface area contributed by atoms with Gasteiger partial charge in [-0.05, 0) is 24.5 Å². The van der Waals surface area contributed by atoms with Crippen LogP contribution in [0.4, 0.5) is 14.5 Å². The van der Waals surface area contributed by atoms with Crippen molar-refractivity contribution in [2.75, 3.05) is 11.9 Å². The van der Waals surface area contributed by atoms with E-state index in [9.17, 15) is 18.4 Å². The van der Waals surface area contributed by atoms with Crippen LogP contribution in [0, 0.1) is 11.8 Å². The summed E-state index contributed by atoms with van der Waals surface area (Å²) in [5.41, 5.74) is 0.366. The molecule has 0 aromatic heterocycles. The quantitative estimate of drug-likeness (QED) is 0.812. The van der Waals surface area contributed by atoms with Gasteiger partial charge in [0.15, 0.2) is 0 Å². The van der Waals surface area contributed by atoms with Gasteiger partial charge in [-0.15, -0.1) is 0 Å². The molecule has 0 heterocycles. The van der Waals surface area contributed by atoms with E-state index in [1.54, 1.807) is 6.07 Å². The van der Waals surface area contributed by atoms with Crippen LogP contribution >= 0.6 is 0 Å². The first-order valence-electron chi connectivity index (χ1n) is 7.08. The van der Waals surface area contributed by atoms with E-state index in [0.29, 0.717) is 11.6 Å². The number of hydrogen-bond donors (Lipinski definition) is 2. The lowest BCUT2D eigenvalue weighted by atomic mass is 10.3. The second-order valence-electron chi connectivity index (χ2n) is 5.32. The lowest BCUT2D eigenvalue weighted by Crippen LogP contribution is -2.29. The van der Waals surface area contributed by atoms with Gasteiger partial charge in [0.25, 0.3) is 0 Å². The van der Waals surface area contributed by atoms with Crippen LogP contribution in [-0.2, 0) is 9.59 Å². The number of carbonyl (C=O) groups is 2. The number of benzene rings is 1. The molecule has 5 nitrogen and oxygen atoms in total. The second kappa shape index (κ2) is 7.20. The number of carbonyl (C=O) groups excluding carboxylic acids is 2. The summed E-state index contributed by atoms with van der Waals surface area (Å²) in [5.74, 6) is 0.146. The van der Waals surface area contributed by atoms with Gasteiger partial charge in [-0.3, -0.25) is 9.59 Å². The van der Waals surface area contributed by atoms with Gasteiger partial charge in [-0.1, -0.05) is 13.0 Å². The molecular formula is C15H18F2N2O3. The van der Waals surface area contributed by atoms with Gasteiger partial charge in [0.05, 0.1) is 0 Å². The number of alkyl halides is 2. The minimum Gasteiger partial charge on any atom is -0.435 e. The summed E-state index contributed by atoms with van der Waals surface area (Å²) >= 11 is 0. The SMILES string of the molecule is CC1CC1C(=O)NCCC(=O)Nc1cccc(OC(F)F)c1. The monoisotopic (exact) mass is 312 g/mol. The van der Waals surface area contributed by atoms with Crippen molar-refractivity contribution >= 4 is 17.5 Å². The van der Waals surface area contributed by atoms with Gasteiger partial charge in [-0.25, -0.2) is 0 Å². The maximum absolute atomic E-state index is 12.1. The number of halogens is 2. The molecule has 1 aromatic rings. The summed E-state index contributed by atoms with van der Waals surface area (Å²) in [6.45, 7) is -0.655. The first-order valence-corrected chi connectivity index (χ1v) is 7.08. The zero-order valence-corrected chi connectivity index (χ0v) is 12.1. The minimum atomic E-state index is -2.91. The van der Waals surface area contributed by atoms with Crippen LogP contribution in [0.1, 0.15) is 19.8 Å². The molecule has 0 bridgehead atoms. The number of nitrogens with one attached hydrogen (secondary N) is 2. The molecule has 2 unspecified atom stereocenters. The minimum absolute atomic E-state index is 0.0207. The van der Waals surface area contributed by atoms with Crippen molar-refractivity contribution in [3.63, 3.8) is 0 Å². The van der Waals surface area contributed by atoms with Crippen molar-refractivity contribution in [3.05, 3.63) is 24.3 Å². The van der Waals surface area contributed by atoms with E-state index < -0.39 is 6.61 Å². The van der Waals surface area contributed by atoms with Gasteiger partial charge in [0.2, 0.25) is 11.8 Å². The fraction of sp³-hybridized carbons (Fsp3) is 0.467. The van der Waals surface area contributed by atoms with E-state index in [1.165, 1.54) is 18.2 Å². The Kier molecular flexibility index (Phi) is 5.30. The van der Waals surface area contributed by atoms with Crippen LogP contribution in [0.3, 0.4) is 0 Å². The van der Waals surface area contributed by atoms with E-state index in [4.69, 9.17) is 0 Å². The third-order valence-electron chi connectivity index (χ3n) is 3.44. The third kappa shape index (κ3) is 4.98. The summed E-state index contributed by atoms with van der Waals surface area (Å²) in [4.78, 5) is 23.3. The Morgan fingerprint density at radius 3 is 2.77 bits per heavy atom. The lowest BCUT2D eigenvalue weighted by molar-refractivity contribution is -0.122. The zero-order valence-electron chi connectivity index (χ0n) is 12.1. The van der Waals surface area contributed by atoms with E-state index in [2.05, 4.69) is 15.4 Å². The Morgan fingerprint density at radius 2 is 2.14 bits per heavy atom. The van der Waals surface area contributed by atoms with Gasteiger partial charge < -0.3 is 15.4 Å². The first kappa shape index (κ1) is 16.2. The topological polar surface area (TPSA) is 67.4 Å². The van der Waals surface area contributed by atoms with Crippen LogP contribution in [0.25, 0.3) is 0 Å². The Bertz CT molecular complexity index is 551. The number of ether oxygens (including phenoxy) is 1. The van der Waals surface area contributed by atoms with Crippen molar-refractivity contribution in [3.8, 4) is 5.75 Å². The van der Waals surface area contributed by atoms with Crippen molar-refractivity contribution < 1.29 is 23.1 Å². The molecule has 2 atom stereocenters. The maximum atomic E-state index is 12.1. The fourth-order valence-corrected chi connectivity index (χ4v) is 2.09. The number of anilines is 1. The molecule has 0 aliphatic heterocycles. The molecule has 2 N–H and O–H groups in total. The van der Waals surface area contributed by atoms with E-state index in [1.807, 2.05) is 6.92 Å². The Balaban J connectivity index is 1.73. The molecule has 0 saturated heterocycles. The smallest absolute Gasteiger partial charge is 0.387 e. The number of hydrogen-bond acceptors (Lipinski definition) is 3. The molecule has 120 valence electrons. The Labute approximate surface area is 127 Å². The van der Waals surface area contributed by atoms with Crippen LogP contribution in [0.5, 0.6) is 5.75 Å². The molecule has 7 heteroatoms. The van der Waals surface area contributed by atoms with Crippen molar-refractivity contribution in [1.82, 2.24) is 5.32 Å². The molecule has 2 amide bonds. The lowest BCUT2D eigenvalue weighted by Gasteiger charge is -2.09. The molecule has 22 heavy (non-hydrogen) atoms. The molecule has 0 spiro atoms. The summed E-state index contributed by atoms with van der Waals surface area (Å²) in [7, 11) is 0. The molecule has 1 aromatic carbocycles. The standard InChI is InChI=1S/C15H18F2N2O3/c1-9-7-12(9)14(21)18-6-5-13(20)19-10-3-2-4-11(8-10)22-15(16)17/h2-4,8-9,12,15H,5-7H2,1H3,(H,18,21)(H,19,20). The summed E-state index contributed by atoms with van der Waals surface area (Å²) in [5, 5.41) is 5.27. The number of amides is 2. The second-order valence-corrected chi connectivity index (χ2v) is 5.32. The van der Waals surface area contributed by atoms with Crippen LogP contribution < -0.4 is 15.4 Å². The van der Waals surface area contributed by atoms with Crippen molar-refractivity contribution in [2.24, 2.45) is 11.8 Å². The highest BCUT2D eigenvalue weighted by Crippen LogP contribution is 2.37. The maximum Gasteiger partial charge on any atom is 0.387 e. The van der Waals surface area contributed by atoms with Crippen molar-refractivity contribution in [2.45, 2.75) is 26.4 Å². The van der Waals surface area contributed by atoms with Gasteiger partial charge in [0, 0.05) is 30.6 Å².